The molecule has 2 aliphatic carbocycles. The van der Waals surface area contributed by atoms with Gasteiger partial charge in [-0.15, -0.1) is 0 Å². The summed E-state index contributed by atoms with van der Waals surface area (Å²) in [5, 5.41) is 3.83. The second kappa shape index (κ2) is 4.09. The molecule has 0 amide bonds. The Morgan fingerprint density at radius 3 is 2.95 bits per heavy atom. The lowest BCUT2D eigenvalue weighted by Gasteiger charge is -2.56. The van der Waals surface area contributed by atoms with Crippen molar-refractivity contribution in [1.82, 2.24) is 5.32 Å². The van der Waals surface area contributed by atoms with Crippen LogP contribution in [0.1, 0.15) is 54.4 Å². The van der Waals surface area contributed by atoms with Gasteiger partial charge in [-0.2, -0.15) is 0 Å². The lowest BCUT2D eigenvalue weighted by Crippen LogP contribution is -2.59. The van der Waals surface area contributed by atoms with Gasteiger partial charge in [0.15, 0.2) is 0 Å². The number of nitrogens with one attached hydrogen (secondary N) is 1. The first-order valence-corrected chi connectivity index (χ1v) is 8.05. The zero-order valence-electron chi connectivity index (χ0n) is 12.3. The maximum absolute atomic E-state index is 3.83. The molecule has 1 N–H and O–H groups in total. The Morgan fingerprint density at radius 1 is 1.16 bits per heavy atom. The number of hydrogen-bond acceptors (Lipinski definition) is 1. The van der Waals surface area contributed by atoms with Crippen LogP contribution in [0.4, 0.5) is 0 Å². The first-order valence-electron chi connectivity index (χ1n) is 8.05. The predicted molar refractivity (Wildman–Crippen MR) is 79.7 cm³/mol. The van der Waals surface area contributed by atoms with Crippen LogP contribution in [0.25, 0.3) is 0 Å². The summed E-state index contributed by atoms with van der Waals surface area (Å²) in [6.45, 7) is 5.83. The number of fused-ring (bicyclic) bond motifs is 1. The molecule has 1 saturated carbocycles. The fourth-order valence-electron chi connectivity index (χ4n) is 5.29. The summed E-state index contributed by atoms with van der Waals surface area (Å²) in [5.74, 6) is 0.907. The average molecular weight is 255 g/mol. The molecule has 1 aliphatic heterocycles. The van der Waals surface area contributed by atoms with Crippen LogP contribution in [0.15, 0.2) is 12.1 Å². The molecular formula is C18H25N. The van der Waals surface area contributed by atoms with Crippen molar-refractivity contribution in [3.63, 3.8) is 0 Å². The van der Waals surface area contributed by atoms with Crippen LogP contribution in [-0.2, 0) is 11.8 Å². The number of aryl methyl sites for hydroxylation is 1. The first kappa shape index (κ1) is 12.0. The normalized spacial score (nSPS) is 36.5. The summed E-state index contributed by atoms with van der Waals surface area (Å²) in [4.78, 5) is 0. The van der Waals surface area contributed by atoms with Gasteiger partial charge in [0.2, 0.25) is 0 Å². The quantitative estimate of drug-likeness (QED) is 0.746. The van der Waals surface area contributed by atoms with Gasteiger partial charge in [-0.3, -0.25) is 0 Å². The monoisotopic (exact) mass is 255 g/mol. The van der Waals surface area contributed by atoms with E-state index < -0.39 is 0 Å². The maximum Gasteiger partial charge on any atom is 0.0144 e. The van der Waals surface area contributed by atoms with Gasteiger partial charge in [-0.05, 0) is 74.2 Å². The summed E-state index contributed by atoms with van der Waals surface area (Å²) in [7, 11) is 0. The topological polar surface area (TPSA) is 12.0 Å². The highest BCUT2D eigenvalue weighted by atomic mass is 15.0. The van der Waals surface area contributed by atoms with Crippen molar-refractivity contribution in [2.24, 2.45) is 5.92 Å². The van der Waals surface area contributed by atoms with Crippen molar-refractivity contribution >= 4 is 0 Å². The zero-order chi connectivity index (χ0) is 13.0. The Balaban J connectivity index is 1.93. The minimum atomic E-state index is 0.528. The Hall–Kier alpha value is -0.820. The Bertz CT molecular complexity index is 515. The van der Waals surface area contributed by atoms with E-state index in [2.05, 4.69) is 31.3 Å². The summed E-state index contributed by atoms with van der Waals surface area (Å²) in [6, 6.07) is 5.61. The molecule has 0 radical (unpaired) electrons. The minimum absolute atomic E-state index is 0.528. The molecule has 1 aromatic rings. The number of piperidine rings is 1. The highest BCUT2D eigenvalue weighted by Gasteiger charge is 2.51. The van der Waals surface area contributed by atoms with Gasteiger partial charge in [-0.25, -0.2) is 0 Å². The third kappa shape index (κ3) is 1.51. The molecule has 4 rings (SSSR count). The number of hydrogen-bond donors (Lipinski definition) is 1. The highest BCUT2D eigenvalue weighted by molar-refractivity contribution is 5.48. The molecule has 2 fully saturated rings. The fraction of sp³-hybridized carbons (Fsp3) is 0.667. The first-order chi connectivity index (χ1) is 9.22. The van der Waals surface area contributed by atoms with Crippen LogP contribution in [0.3, 0.4) is 0 Å². The van der Waals surface area contributed by atoms with E-state index in [1.54, 1.807) is 16.7 Å². The number of rotatable bonds is 0. The molecule has 0 aromatic heterocycles. The van der Waals surface area contributed by atoms with Crippen molar-refractivity contribution in [3.8, 4) is 0 Å². The summed E-state index contributed by atoms with van der Waals surface area (Å²) < 4.78 is 0. The molecule has 1 aromatic carbocycles. The molecule has 19 heavy (non-hydrogen) atoms. The second-order valence-electron chi connectivity index (χ2n) is 7.06. The smallest absolute Gasteiger partial charge is 0.0144 e. The Kier molecular flexibility index (Phi) is 2.57. The van der Waals surface area contributed by atoms with Crippen LogP contribution in [0, 0.1) is 19.8 Å². The molecule has 2 bridgehead atoms. The van der Waals surface area contributed by atoms with E-state index in [0.29, 0.717) is 5.41 Å². The lowest BCUT2D eigenvalue weighted by molar-refractivity contribution is 0.0795. The second-order valence-corrected chi connectivity index (χ2v) is 7.06. The van der Waals surface area contributed by atoms with Gasteiger partial charge in [0.05, 0.1) is 0 Å². The molecule has 1 nitrogen and oxygen atoms in total. The largest absolute Gasteiger partial charge is 0.313 e. The predicted octanol–water partition coefficient (Wildman–Crippen LogP) is 3.65. The highest BCUT2D eigenvalue weighted by Crippen LogP contribution is 2.54. The van der Waals surface area contributed by atoms with Crippen molar-refractivity contribution in [1.29, 1.82) is 0 Å². The van der Waals surface area contributed by atoms with Crippen molar-refractivity contribution in [3.05, 3.63) is 34.4 Å². The van der Waals surface area contributed by atoms with E-state index in [9.17, 15) is 0 Å². The third-order valence-corrected chi connectivity index (χ3v) is 6.39. The van der Waals surface area contributed by atoms with Crippen LogP contribution < -0.4 is 5.32 Å². The summed E-state index contributed by atoms with van der Waals surface area (Å²) >= 11 is 0. The molecule has 1 heterocycles. The number of benzene rings is 1. The van der Waals surface area contributed by atoms with Crippen LogP contribution in [0.5, 0.6) is 0 Å². The molecule has 102 valence electrons. The molecule has 3 atom stereocenters. The SMILES string of the molecule is Cc1ccc2c(c1C)C[C@H]1NCC[C@@]23CCCC[C@@H]13. The summed E-state index contributed by atoms with van der Waals surface area (Å²) in [5.41, 5.74) is 6.99. The van der Waals surface area contributed by atoms with Gasteiger partial charge in [0, 0.05) is 11.5 Å². The minimum Gasteiger partial charge on any atom is -0.313 e. The van der Waals surface area contributed by atoms with Gasteiger partial charge in [-0.1, -0.05) is 25.0 Å². The van der Waals surface area contributed by atoms with E-state index in [4.69, 9.17) is 0 Å². The Morgan fingerprint density at radius 2 is 2.05 bits per heavy atom. The van der Waals surface area contributed by atoms with Crippen LogP contribution in [0.2, 0.25) is 0 Å². The van der Waals surface area contributed by atoms with Crippen molar-refractivity contribution in [2.45, 2.75) is 63.8 Å². The van der Waals surface area contributed by atoms with E-state index in [-0.39, 0.29) is 0 Å². The van der Waals surface area contributed by atoms with E-state index in [1.165, 1.54) is 50.6 Å². The van der Waals surface area contributed by atoms with E-state index >= 15 is 0 Å². The van der Waals surface area contributed by atoms with Gasteiger partial charge in [0.1, 0.15) is 0 Å². The van der Waals surface area contributed by atoms with Crippen molar-refractivity contribution < 1.29 is 0 Å². The van der Waals surface area contributed by atoms with E-state index in [0.717, 1.165) is 12.0 Å². The van der Waals surface area contributed by atoms with Gasteiger partial charge < -0.3 is 5.32 Å². The molecule has 0 unspecified atom stereocenters. The molecule has 1 heteroatoms. The van der Waals surface area contributed by atoms with Gasteiger partial charge >= 0.3 is 0 Å². The van der Waals surface area contributed by atoms with Gasteiger partial charge in [0.25, 0.3) is 0 Å². The fourth-order valence-corrected chi connectivity index (χ4v) is 5.29. The Labute approximate surface area is 116 Å². The van der Waals surface area contributed by atoms with E-state index in [1.807, 2.05) is 0 Å². The third-order valence-electron chi connectivity index (χ3n) is 6.39. The zero-order valence-corrected chi connectivity index (χ0v) is 12.3. The lowest BCUT2D eigenvalue weighted by atomic mass is 9.52. The van der Waals surface area contributed by atoms with Crippen LogP contribution in [-0.4, -0.2) is 12.6 Å². The molecule has 0 spiro atoms. The summed E-state index contributed by atoms with van der Waals surface area (Å²) in [6.07, 6.45) is 8.41. The molecule has 3 aliphatic rings. The van der Waals surface area contributed by atoms with Crippen LogP contribution >= 0.6 is 0 Å². The molecular weight excluding hydrogens is 230 g/mol. The molecule has 1 saturated heterocycles. The average Bonchev–Trinajstić information content (AvgIpc) is 2.43. The van der Waals surface area contributed by atoms with Crippen molar-refractivity contribution in [2.75, 3.05) is 6.54 Å². The maximum atomic E-state index is 3.83. The standard InChI is InChI=1S/C18H25N/c1-12-6-7-15-14(13(12)2)11-17-16-5-3-4-8-18(15,16)9-10-19-17/h6-7,16-17,19H,3-5,8-11H2,1-2H3/t16-,17+,18-/m0/s1.